The van der Waals surface area contributed by atoms with Crippen molar-refractivity contribution in [2.24, 2.45) is 0 Å². The van der Waals surface area contributed by atoms with Crippen molar-refractivity contribution in [3.05, 3.63) is 35.4 Å². The maximum Gasteiger partial charge on any atom is 0.257 e. The summed E-state index contributed by atoms with van der Waals surface area (Å²) in [6, 6.07) is 5.11. The molecule has 0 aliphatic heterocycles. The molecule has 9 heteroatoms. The smallest absolute Gasteiger partial charge is 0.257 e. The average Bonchev–Trinajstić information content (AvgIpc) is 2.46. The van der Waals surface area contributed by atoms with E-state index in [1.165, 1.54) is 37.5 Å². The first kappa shape index (κ1) is 21.9. The molecule has 0 aromatic heterocycles. The summed E-state index contributed by atoms with van der Waals surface area (Å²) in [5.41, 5.74) is 0.196. The third-order valence-corrected chi connectivity index (χ3v) is 2.56. The summed E-state index contributed by atoms with van der Waals surface area (Å²) in [5, 5.41) is 4.00. The Balaban J connectivity index is 0.00000529. The molecule has 24 heavy (non-hydrogen) atoms. The number of hydrogen-bond acceptors (Lipinski definition) is 6. The summed E-state index contributed by atoms with van der Waals surface area (Å²) in [6.45, 7) is 1.22. The Labute approximate surface area is 162 Å². The first-order chi connectivity index (χ1) is 10.8. The molecule has 1 radical (unpaired) electrons. The Morgan fingerprint density at radius 1 is 0.875 bits per heavy atom. The van der Waals surface area contributed by atoms with Crippen molar-refractivity contribution >= 4 is 35.7 Å². The second-order valence-electron chi connectivity index (χ2n) is 4.53. The van der Waals surface area contributed by atoms with Crippen LogP contribution in [0.5, 0.6) is 0 Å². The fourth-order valence-electron chi connectivity index (χ4n) is 1.55. The van der Waals surface area contributed by atoms with E-state index >= 15 is 0 Å². The van der Waals surface area contributed by atoms with Crippen LogP contribution in [0.1, 0.15) is 40.5 Å². The van der Waals surface area contributed by atoms with E-state index in [-0.39, 0.29) is 49.6 Å². The summed E-state index contributed by atoms with van der Waals surface area (Å²) in [7, 11) is 0. The number of nitrogens with one attached hydrogen (secondary N) is 2. The van der Waals surface area contributed by atoms with Gasteiger partial charge in [0.25, 0.3) is 11.8 Å². The fraction of sp³-hybridized carbons (Fsp3) is 0.200. The predicted octanol–water partition coefficient (Wildman–Crippen LogP) is -0.324. The largest absolute Gasteiger partial charge is 0.541 e. The van der Waals surface area contributed by atoms with Crippen molar-refractivity contribution < 1.29 is 61.5 Å². The van der Waals surface area contributed by atoms with Crippen LogP contribution < -0.4 is 10.6 Å². The molecule has 1 aromatic rings. The fourth-order valence-corrected chi connectivity index (χ4v) is 1.55. The maximum atomic E-state index is 11.7. The molecular formula is C15H13N2O6Y-. The van der Waals surface area contributed by atoms with Crippen molar-refractivity contribution in [3.63, 3.8) is 0 Å². The molecule has 1 aromatic carbocycles. The van der Waals surface area contributed by atoms with E-state index in [4.69, 9.17) is 0 Å². The van der Waals surface area contributed by atoms with E-state index in [0.29, 0.717) is 0 Å². The molecule has 0 saturated heterocycles. The van der Waals surface area contributed by atoms with Crippen molar-refractivity contribution in [2.75, 3.05) is 0 Å². The molecule has 0 unspecified atom stereocenters. The number of imide groups is 2. The van der Waals surface area contributed by atoms with E-state index in [9.17, 15) is 28.8 Å². The molecule has 0 heterocycles. The number of hydrogen-bond donors (Lipinski definition) is 2. The Bertz CT molecular complexity index is 669. The molecule has 0 bridgehead atoms. The molecule has 0 fully saturated rings. The van der Waals surface area contributed by atoms with Gasteiger partial charge in [-0.15, -0.1) is 0 Å². The van der Waals surface area contributed by atoms with E-state index < -0.39 is 36.5 Å². The van der Waals surface area contributed by atoms with Gasteiger partial charge >= 0.3 is 0 Å². The molecule has 8 nitrogen and oxygen atoms in total. The zero-order chi connectivity index (χ0) is 17.4. The van der Waals surface area contributed by atoms with Gasteiger partial charge in [0.05, 0.1) is 6.42 Å². The van der Waals surface area contributed by atoms with Crippen molar-refractivity contribution in [1.82, 2.24) is 10.6 Å². The SMILES string of the molecule is CC(=O)CC(=O)NC(=O)c1ccc(C(=O)NC(=O)C[C-]=O)cc1.[Y]. The minimum absolute atomic E-state index is 0. The van der Waals surface area contributed by atoms with Crippen LogP contribution in [0.15, 0.2) is 24.3 Å². The molecule has 0 saturated carbocycles. The summed E-state index contributed by atoms with van der Waals surface area (Å²) >= 11 is 0. The van der Waals surface area contributed by atoms with Gasteiger partial charge in [0.2, 0.25) is 5.91 Å². The monoisotopic (exact) mass is 406 g/mol. The maximum absolute atomic E-state index is 11.7. The van der Waals surface area contributed by atoms with Crippen LogP contribution in [-0.2, 0) is 51.9 Å². The van der Waals surface area contributed by atoms with Gasteiger partial charge in [0.15, 0.2) is 5.91 Å². The number of ketones is 1. The Hall–Kier alpha value is -2.06. The molecule has 0 aliphatic rings. The minimum atomic E-state index is -0.790. The van der Waals surface area contributed by atoms with Crippen molar-refractivity contribution in [1.29, 1.82) is 0 Å². The van der Waals surface area contributed by atoms with Crippen LogP contribution >= 0.6 is 0 Å². The van der Waals surface area contributed by atoms with Gasteiger partial charge in [0, 0.05) is 43.8 Å². The third kappa shape index (κ3) is 7.47. The number of amides is 4. The normalized spacial score (nSPS) is 9.21. The summed E-state index contributed by atoms with van der Waals surface area (Å²) in [6.07, 6.45) is 0.405. The van der Waals surface area contributed by atoms with Gasteiger partial charge in [-0.3, -0.25) is 40.9 Å². The topological polar surface area (TPSA) is 126 Å². The van der Waals surface area contributed by atoms with Gasteiger partial charge in [-0.25, -0.2) is 0 Å². The van der Waals surface area contributed by atoms with Crippen LogP contribution in [0.3, 0.4) is 0 Å². The second kappa shape index (κ2) is 10.7. The van der Waals surface area contributed by atoms with Crippen LogP contribution in [0, 0.1) is 0 Å². The van der Waals surface area contributed by atoms with Gasteiger partial charge in [-0.2, -0.15) is 0 Å². The average molecular weight is 406 g/mol. The first-order valence-electron chi connectivity index (χ1n) is 6.46. The number of rotatable bonds is 6. The van der Waals surface area contributed by atoms with Gasteiger partial charge in [-0.05, 0) is 31.2 Å². The Kier molecular flexibility index (Phi) is 9.75. The first-order valence-corrected chi connectivity index (χ1v) is 6.46. The minimum Gasteiger partial charge on any atom is -0.541 e. The molecule has 0 aliphatic carbocycles. The number of carbonyl (C=O) groups is 5. The van der Waals surface area contributed by atoms with Gasteiger partial charge in [-0.1, -0.05) is 6.42 Å². The van der Waals surface area contributed by atoms with Gasteiger partial charge in [0.1, 0.15) is 5.78 Å². The molecule has 2 N–H and O–H groups in total. The van der Waals surface area contributed by atoms with E-state index in [0.717, 1.165) is 0 Å². The van der Waals surface area contributed by atoms with Gasteiger partial charge < -0.3 is 4.79 Å². The third-order valence-electron chi connectivity index (χ3n) is 2.56. The second-order valence-corrected chi connectivity index (χ2v) is 4.53. The Morgan fingerprint density at radius 3 is 1.67 bits per heavy atom. The van der Waals surface area contributed by atoms with Crippen LogP contribution in [0.25, 0.3) is 0 Å². The van der Waals surface area contributed by atoms with Crippen LogP contribution in [-0.4, -0.2) is 35.7 Å². The number of carbonyl (C=O) groups excluding carboxylic acids is 6. The molecule has 0 spiro atoms. The number of Topliss-reactive ketones (excluding diaryl/α,β-unsaturated/α-hetero) is 1. The predicted molar refractivity (Wildman–Crippen MR) is 77.0 cm³/mol. The zero-order valence-corrected chi connectivity index (χ0v) is 15.6. The standard InChI is InChI=1S/C15H13N2O6.Y/c1-9(19)8-13(21)17-15(23)11-4-2-10(3-5-11)14(22)16-12(20)6-7-18;/h2-5H,6,8H2,1H3,(H,16,20,22)(H,17,21,23);/q-1;. The summed E-state index contributed by atoms with van der Waals surface area (Å²) in [5.74, 6) is -3.33. The molecule has 0 atom stereocenters. The number of benzene rings is 1. The van der Waals surface area contributed by atoms with Crippen LogP contribution in [0.4, 0.5) is 0 Å². The zero-order valence-electron chi connectivity index (χ0n) is 12.8. The van der Waals surface area contributed by atoms with E-state index in [1.54, 1.807) is 0 Å². The molecule has 123 valence electrons. The van der Waals surface area contributed by atoms with Crippen LogP contribution in [0.2, 0.25) is 0 Å². The molecular weight excluding hydrogens is 393 g/mol. The molecule has 4 amide bonds. The van der Waals surface area contributed by atoms with E-state index in [2.05, 4.69) is 0 Å². The molecule has 1 rings (SSSR count). The van der Waals surface area contributed by atoms with E-state index in [1.807, 2.05) is 10.6 Å². The quantitative estimate of drug-likeness (QED) is 0.493. The van der Waals surface area contributed by atoms with Crippen molar-refractivity contribution in [2.45, 2.75) is 19.8 Å². The summed E-state index contributed by atoms with van der Waals surface area (Å²) in [4.78, 5) is 66.6. The Morgan fingerprint density at radius 2 is 1.29 bits per heavy atom. The van der Waals surface area contributed by atoms with Crippen molar-refractivity contribution in [3.8, 4) is 0 Å². The summed E-state index contributed by atoms with van der Waals surface area (Å²) < 4.78 is 0.